The number of alkyl halides is 3. The van der Waals surface area contributed by atoms with E-state index in [1.54, 1.807) is 74.5 Å². The first kappa shape index (κ1) is 98.3. The van der Waals surface area contributed by atoms with Gasteiger partial charge in [-0.3, -0.25) is 78.4 Å². The third-order valence-electron chi connectivity index (χ3n) is 19.8. The van der Waals surface area contributed by atoms with Gasteiger partial charge in [0.2, 0.25) is 70.9 Å². The predicted molar refractivity (Wildman–Crippen MR) is 445 cm³/mol. The lowest BCUT2D eigenvalue weighted by Gasteiger charge is -2.31. The number of benzene rings is 5. The molecule has 0 bridgehead atoms. The van der Waals surface area contributed by atoms with Crippen LogP contribution in [0, 0.1) is 5.92 Å². The van der Waals surface area contributed by atoms with Gasteiger partial charge in [0.1, 0.15) is 72.4 Å². The van der Waals surface area contributed by atoms with Gasteiger partial charge in [0, 0.05) is 87.3 Å². The summed E-state index contributed by atoms with van der Waals surface area (Å²) in [6.07, 6.45) is -2.01. The summed E-state index contributed by atoms with van der Waals surface area (Å²) in [5.74, 6) is -13.8. The summed E-state index contributed by atoms with van der Waals surface area (Å²) in [5, 5.41) is 59.6. The molecule has 8 rings (SSSR count). The van der Waals surface area contributed by atoms with Crippen LogP contribution in [0.15, 0.2) is 140 Å². The zero-order chi connectivity index (χ0) is 91.1. The van der Waals surface area contributed by atoms with Crippen LogP contribution in [0.25, 0.3) is 10.8 Å². The number of nitrogens with one attached hydrogen (secondary N) is 14. The molecule has 666 valence electrons. The van der Waals surface area contributed by atoms with E-state index in [1.807, 2.05) is 56.3 Å². The number of carbonyl (C=O) groups excluding carboxylic acids is 16. The minimum atomic E-state index is -5.19. The van der Waals surface area contributed by atoms with Crippen LogP contribution in [-0.2, 0) is 104 Å². The maximum atomic E-state index is 15.5. The van der Waals surface area contributed by atoms with Crippen LogP contribution in [0.3, 0.4) is 0 Å². The van der Waals surface area contributed by atoms with Crippen molar-refractivity contribution in [2.24, 2.45) is 5.92 Å². The number of aromatic nitrogens is 1. The fourth-order valence-electron chi connectivity index (χ4n) is 13.4. The van der Waals surface area contributed by atoms with Gasteiger partial charge in [-0.25, -0.2) is 9.59 Å². The van der Waals surface area contributed by atoms with E-state index in [0.29, 0.717) is 64.3 Å². The number of likely N-dealkylation sites (tertiary alicyclic amines) is 1. The number of aliphatic hydroxyl groups excluding tert-OH is 1. The number of anilines is 2. The van der Waals surface area contributed by atoms with Crippen LogP contribution in [0.5, 0.6) is 0 Å². The van der Waals surface area contributed by atoms with Gasteiger partial charge in [-0.05, 0) is 139 Å². The molecule has 6 aromatic rings. The molecule has 0 aliphatic carbocycles. The Balaban J connectivity index is 0.00000289. The summed E-state index contributed by atoms with van der Waals surface area (Å²) in [6.45, 7) is 11.2. The van der Waals surface area contributed by atoms with Crippen LogP contribution in [0.1, 0.15) is 121 Å². The van der Waals surface area contributed by atoms with Gasteiger partial charge in [-0.2, -0.15) is 13.2 Å². The number of nitrogens with zero attached hydrogens (tertiary/aromatic N) is 2. The molecule has 0 radical (unpaired) electrons. The number of hydrogen-bond donors (Lipinski definition) is 16. The van der Waals surface area contributed by atoms with Crippen LogP contribution in [-0.4, -0.2) is 208 Å². The van der Waals surface area contributed by atoms with Crippen molar-refractivity contribution in [1.29, 1.82) is 0 Å². The smallest absolute Gasteiger partial charge is 0.430 e. The molecule has 0 saturated carbocycles. The van der Waals surface area contributed by atoms with Crippen LogP contribution < -0.4 is 85.3 Å². The fraction of sp³-hybridized carbons (Fsp3) is 0.424. The minimum absolute atomic E-state index is 0.00846. The van der Waals surface area contributed by atoms with E-state index in [-0.39, 0.29) is 75.0 Å². The molecule has 2 aliphatic heterocycles. The van der Waals surface area contributed by atoms with E-state index in [2.05, 4.69) is 85.2 Å². The third-order valence-corrected chi connectivity index (χ3v) is 20.0. The molecular formula is C85H105ClF3N17O18. The first-order valence-corrected chi connectivity index (χ1v) is 40.6. The van der Waals surface area contributed by atoms with Crippen LogP contribution >= 0.6 is 11.6 Å². The number of quaternary nitrogens is 1. The molecular weight excluding hydrogens is 1640 g/mol. The maximum Gasteiger partial charge on any atom is 0.430 e. The number of rotatable bonds is 42. The maximum absolute atomic E-state index is 15.5. The molecule has 1 aromatic heterocycles. The lowest BCUT2D eigenvalue weighted by Crippen LogP contribution is -2.66. The average molecular weight is 1750 g/mol. The highest BCUT2D eigenvalue weighted by molar-refractivity contribution is 6.30. The van der Waals surface area contributed by atoms with Gasteiger partial charge >= 0.3 is 18.1 Å². The van der Waals surface area contributed by atoms with Crippen molar-refractivity contribution in [1.82, 2.24) is 73.7 Å². The van der Waals surface area contributed by atoms with E-state index in [9.17, 15) is 75.8 Å². The molecule has 2 saturated heterocycles. The molecule has 11 atom stereocenters. The number of fused-ring (bicyclic) bond motifs is 1. The number of unbranched alkanes of at least 4 members (excludes halogenated alkanes) is 1. The highest BCUT2D eigenvalue weighted by Gasteiger charge is 2.41. The quantitative estimate of drug-likeness (QED) is 0.0184. The topological polar surface area (TPSA) is 529 Å². The zero-order valence-electron chi connectivity index (χ0n) is 69.4. The van der Waals surface area contributed by atoms with Crippen LogP contribution in [0.4, 0.5) is 29.3 Å². The Morgan fingerprint density at radius 3 is 1.51 bits per heavy atom. The number of aliphatic carboxylic acids is 1. The summed E-state index contributed by atoms with van der Waals surface area (Å²) in [4.78, 5) is 222. The second kappa shape index (κ2) is 47.6. The third kappa shape index (κ3) is 32.2. The normalized spacial score (nSPS) is 15.8. The summed E-state index contributed by atoms with van der Waals surface area (Å²) < 4.78 is 31.5. The summed E-state index contributed by atoms with van der Waals surface area (Å²) in [5.41, 5.74) is 6.34. The van der Waals surface area contributed by atoms with Gasteiger partial charge in [0.05, 0.1) is 13.0 Å². The number of carbonyl (C=O) groups is 16. The second-order valence-electron chi connectivity index (χ2n) is 30.8. The Hall–Kier alpha value is -12.8. The van der Waals surface area contributed by atoms with Crippen molar-refractivity contribution in [2.75, 3.05) is 30.3 Å². The Morgan fingerprint density at radius 2 is 1.03 bits per heavy atom. The van der Waals surface area contributed by atoms with Crippen molar-refractivity contribution in [3.05, 3.63) is 173 Å². The molecule has 124 heavy (non-hydrogen) atoms. The summed E-state index contributed by atoms with van der Waals surface area (Å²) >= 11 is 6.27. The molecule has 2 fully saturated rings. The van der Waals surface area contributed by atoms with Gasteiger partial charge in [-0.1, -0.05) is 124 Å². The summed E-state index contributed by atoms with van der Waals surface area (Å²) in [6, 6.07) is 19.1. The number of aliphatic hydroxyl groups is 1. The van der Waals surface area contributed by atoms with Gasteiger partial charge in [0.15, 0.2) is 0 Å². The molecule has 35 nitrogen and oxygen atoms in total. The SMILES string of the molecule is CC(=O)Nc1ccc(C[C@@H](NC(=O)[C@H](Cc2ccc(NC(=O)CC3NC(=O)NC3=O)cc2)NC(=O)[C@H](CO)NC(=O)[C@@H](Cc2cccnc2)NC(=O)[C@@H](Cc2ccc(Cl)cc2)NC(=O)[C@@H](Cc2ccc3ccccc3c2)NC(C)=O)C(=O)N[C@@H](CC(C)C)C(=O)N[C@@H](CCCCNC(C)C)C(=O)N2CCC[C@H]2C(=O)N[C@H](C)C([NH3+])=O)cc1.O=C([O-])C(F)(F)F. The van der Waals surface area contributed by atoms with E-state index in [1.165, 1.54) is 62.3 Å². The van der Waals surface area contributed by atoms with E-state index < -0.39 is 181 Å². The van der Waals surface area contributed by atoms with E-state index >= 15 is 14.4 Å². The molecule has 39 heteroatoms. The molecule has 3 heterocycles. The molecule has 1 unspecified atom stereocenters. The number of imide groups is 1. The molecule has 2 aliphatic rings. The van der Waals surface area contributed by atoms with Gasteiger partial charge < -0.3 is 89.0 Å². The molecule has 0 spiro atoms. The Bertz CT molecular complexity index is 4780. The lowest BCUT2D eigenvalue weighted by atomic mass is 9.99. The van der Waals surface area contributed by atoms with Crippen molar-refractivity contribution in [3.63, 3.8) is 0 Å². The predicted octanol–water partition coefficient (Wildman–Crippen LogP) is 0.564. The van der Waals surface area contributed by atoms with E-state index in [0.717, 1.165) is 10.8 Å². The van der Waals surface area contributed by atoms with Crippen molar-refractivity contribution < 1.29 is 106 Å². The lowest BCUT2D eigenvalue weighted by molar-refractivity contribution is -0.344. The number of urea groups is 1. The fourth-order valence-corrected chi connectivity index (χ4v) is 13.6. The number of pyridine rings is 1. The van der Waals surface area contributed by atoms with Gasteiger partial charge in [0.25, 0.3) is 5.91 Å². The Morgan fingerprint density at radius 1 is 0.565 bits per heavy atom. The molecule has 5 aromatic carbocycles. The number of amides is 16. The number of carboxylic acid groups (broad SMARTS) is 1. The highest BCUT2D eigenvalue weighted by atomic mass is 35.5. The zero-order valence-corrected chi connectivity index (χ0v) is 70.1. The number of carboxylic acids is 1. The number of hydrogen-bond acceptors (Lipinski definition) is 20. The second-order valence-corrected chi connectivity index (χ2v) is 31.2. The first-order valence-electron chi connectivity index (χ1n) is 40.2. The van der Waals surface area contributed by atoms with Crippen molar-refractivity contribution >= 4 is 128 Å². The molecule has 18 N–H and O–H groups in total. The van der Waals surface area contributed by atoms with E-state index in [4.69, 9.17) is 21.5 Å². The standard InChI is InChI=1S/C83H104ClN17O16.C2HF3O2/c1-46(2)36-62(73(107)92-61(17-10-11-34-87-47(3)4)82(116)101-35-13-18-70(101)81(115)88-48(5)72(85)106)93-75(109)65(39-52-22-29-59(30-23-52)89-49(6)103)95-77(111)66(40-53-24-31-60(32-25-53)91-71(105)43-68-79(113)100-83(117)99-68)97-80(114)69(45-102)98-78(112)67(42-55-14-12-33-86-44-55)96-76(110)64(38-51-20-27-58(84)28-21-51)94-74(108)63(90-50(7)104)41-54-19-26-56-15-8-9-16-57(56)37-54;3-2(4,5)1(6)7/h8-9,12,14-16,19-33,37,44,46-48,61-70,87,102H,10-11,13,17-18,34-36,38-43,45H2,1-7H3,(H2,85,106)(H,88,115)(H,89,103)(H,90,104)(H,91,105)(H,92,107)(H,93,109)(H,94,108)(H,95,111)(H,96,110)(H,97,114)(H,98,112)(H2,99,100,113,117);(H,6,7)/t48-,61+,62+,63-,64-,65-,66+,67-,68?,69+,70+;/m1./s1. The van der Waals surface area contributed by atoms with Gasteiger partial charge in [-0.15, -0.1) is 0 Å². The number of halogens is 4. The Labute approximate surface area is 717 Å². The first-order chi connectivity index (χ1) is 58.7. The monoisotopic (exact) mass is 1740 g/mol. The Kier molecular flexibility index (Phi) is 37.7. The average Bonchev–Trinajstić information content (AvgIpc) is 1.46. The largest absolute Gasteiger partial charge is 0.542 e. The van der Waals surface area contributed by atoms with Crippen LogP contribution in [0.2, 0.25) is 5.02 Å². The summed E-state index contributed by atoms with van der Waals surface area (Å²) in [7, 11) is 0. The highest BCUT2D eigenvalue weighted by Crippen LogP contribution is 2.24. The van der Waals surface area contributed by atoms with Crippen molar-refractivity contribution in [3.8, 4) is 0 Å². The minimum Gasteiger partial charge on any atom is -0.542 e. The van der Waals surface area contributed by atoms with Crippen molar-refractivity contribution in [2.45, 2.75) is 204 Å². The molecule has 16 amide bonds.